The second-order valence-corrected chi connectivity index (χ2v) is 2.88. The summed E-state index contributed by atoms with van der Waals surface area (Å²) in [6.07, 6.45) is -5.40. The Hall–Kier alpha value is -1.02. The van der Waals surface area contributed by atoms with Crippen LogP contribution in [0.25, 0.3) is 0 Å². The summed E-state index contributed by atoms with van der Waals surface area (Å²) < 4.78 is 41.1. The molecule has 0 unspecified atom stereocenters. The largest absolute Gasteiger partial charge is 0.462 e. The van der Waals surface area contributed by atoms with Crippen LogP contribution in [0.3, 0.4) is 0 Å². The maximum atomic E-state index is 12.4. The molecule has 0 radical (unpaired) electrons. The molecule has 0 aromatic rings. The molecule has 0 rings (SSSR count). The first-order valence-electron chi connectivity index (χ1n) is 4.02. The topological polar surface area (TPSA) is 75.6 Å². The number of ether oxygens (including phenoxy) is 1. The number of rotatable bonds is 4. The molecule has 1 atom stereocenters. The van der Waals surface area contributed by atoms with E-state index >= 15 is 0 Å². The van der Waals surface area contributed by atoms with E-state index < -0.39 is 29.7 Å². The van der Waals surface area contributed by atoms with Gasteiger partial charge in [0.15, 0.2) is 0 Å². The quantitative estimate of drug-likeness (QED) is 0.430. The van der Waals surface area contributed by atoms with E-state index in [9.17, 15) is 22.8 Å². The van der Waals surface area contributed by atoms with E-state index in [2.05, 4.69) is 4.74 Å². The van der Waals surface area contributed by atoms with Crippen LogP contribution in [0.15, 0.2) is 0 Å². The Labute approximate surface area is 93.5 Å². The van der Waals surface area contributed by atoms with Gasteiger partial charge >= 0.3 is 17.9 Å². The lowest BCUT2D eigenvalue weighted by Crippen LogP contribution is -2.64. The van der Waals surface area contributed by atoms with Crippen molar-refractivity contribution in [3.8, 4) is 0 Å². The highest BCUT2D eigenvalue weighted by molar-refractivity contribution is 6.27. The van der Waals surface area contributed by atoms with E-state index in [0.717, 1.165) is 5.32 Å². The van der Waals surface area contributed by atoms with Gasteiger partial charge in [-0.15, -0.1) is 11.6 Å². The Kier molecular flexibility index (Phi) is 5.01. The highest BCUT2D eigenvalue weighted by Crippen LogP contribution is 2.29. The highest BCUT2D eigenvalue weighted by Gasteiger charge is 2.62. The Morgan fingerprint density at radius 3 is 2.25 bits per heavy atom. The zero-order valence-electron chi connectivity index (χ0n) is 8.10. The maximum Gasteiger partial charge on any atom is 0.448 e. The van der Waals surface area contributed by atoms with Crippen molar-refractivity contribution >= 4 is 23.5 Å². The summed E-state index contributed by atoms with van der Waals surface area (Å²) in [7, 11) is 0. The lowest BCUT2D eigenvalue weighted by atomic mass is 10.2. The Bertz CT molecular complexity index is 283. The number of alkyl halides is 4. The molecule has 0 saturated carbocycles. The number of hydrogen-bond acceptors (Lipinski definition) is 4. The number of hydrogen-bond donors (Lipinski definition) is 2. The van der Waals surface area contributed by atoms with Gasteiger partial charge in [-0.1, -0.05) is 0 Å². The van der Waals surface area contributed by atoms with E-state index in [1.54, 1.807) is 0 Å². The summed E-state index contributed by atoms with van der Waals surface area (Å²) in [4.78, 5) is 21.6. The zero-order chi connectivity index (χ0) is 13.0. The molecule has 0 aliphatic rings. The van der Waals surface area contributed by atoms with E-state index in [1.807, 2.05) is 0 Å². The number of halogens is 4. The first-order chi connectivity index (χ1) is 7.19. The Morgan fingerprint density at radius 1 is 1.44 bits per heavy atom. The molecule has 0 heterocycles. The van der Waals surface area contributed by atoms with Gasteiger partial charge in [-0.05, 0) is 6.92 Å². The minimum atomic E-state index is -5.40. The van der Waals surface area contributed by atoms with Crippen LogP contribution < -0.4 is 5.32 Å². The van der Waals surface area contributed by atoms with Crippen molar-refractivity contribution in [2.45, 2.75) is 18.8 Å². The predicted octanol–water partition coefficient (Wildman–Crippen LogP) is 0.155. The van der Waals surface area contributed by atoms with Gasteiger partial charge in [-0.2, -0.15) is 13.2 Å². The van der Waals surface area contributed by atoms with Gasteiger partial charge in [-0.3, -0.25) is 4.79 Å². The maximum absolute atomic E-state index is 12.4. The molecule has 0 aromatic heterocycles. The van der Waals surface area contributed by atoms with Crippen LogP contribution in [0.5, 0.6) is 0 Å². The fraction of sp³-hybridized carbons (Fsp3) is 0.714. The lowest BCUT2D eigenvalue weighted by Gasteiger charge is -2.28. The molecule has 0 aromatic carbocycles. The third-order valence-corrected chi connectivity index (χ3v) is 1.67. The zero-order valence-corrected chi connectivity index (χ0v) is 8.85. The number of amides is 1. The molecule has 5 nitrogen and oxygen atoms in total. The normalized spacial score (nSPS) is 15.1. The fourth-order valence-corrected chi connectivity index (χ4v) is 0.775. The highest BCUT2D eigenvalue weighted by atomic mass is 35.5. The average Bonchev–Trinajstić information content (AvgIpc) is 2.16. The average molecular weight is 264 g/mol. The van der Waals surface area contributed by atoms with Crippen LogP contribution in [-0.4, -0.2) is 41.4 Å². The Morgan fingerprint density at radius 2 is 1.94 bits per heavy atom. The number of carbonyl (C=O) groups is 2. The van der Waals surface area contributed by atoms with E-state index in [-0.39, 0.29) is 6.61 Å². The Balaban J connectivity index is 5.04. The van der Waals surface area contributed by atoms with Crippen molar-refractivity contribution < 1.29 is 32.6 Å². The van der Waals surface area contributed by atoms with Gasteiger partial charge in [-0.25, -0.2) is 4.79 Å². The number of aliphatic hydroxyl groups is 1. The van der Waals surface area contributed by atoms with Gasteiger partial charge in [0.05, 0.1) is 6.61 Å². The number of carbonyl (C=O) groups excluding carboxylic acids is 2. The molecular weight excluding hydrogens is 255 g/mol. The molecule has 1 amide bonds. The van der Waals surface area contributed by atoms with E-state index in [4.69, 9.17) is 16.7 Å². The summed E-state index contributed by atoms with van der Waals surface area (Å²) in [5.74, 6) is -4.20. The predicted molar refractivity (Wildman–Crippen MR) is 46.5 cm³/mol. The second kappa shape index (κ2) is 5.35. The molecular formula is C7H9ClF3NO4. The van der Waals surface area contributed by atoms with Crippen LogP contribution in [0.2, 0.25) is 0 Å². The van der Waals surface area contributed by atoms with Crippen LogP contribution >= 0.6 is 11.6 Å². The fourth-order valence-electron chi connectivity index (χ4n) is 0.708. The molecule has 0 aliphatic heterocycles. The van der Waals surface area contributed by atoms with Crippen molar-refractivity contribution in [1.82, 2.24) is 5.32 Å². The SMILES string of the molecule is CCOC(=O)[C@@](O)(NC(=O)CCl)C(F)(F)F. The van der Waals surface area contributed by atoms with Crippen molar-refractivity contribution in [1.29, 1.82) is 0 Å². The summed E-state index contributed by atoms with van der Waals surface area (Å²) in [5, 5.41) is 10.1. The summed E-state index contributed by atoms with van der Waals surface area (Å²) in [5.41, 5.74) is -4.07. The molecule has 0 saturated heterocycles. The molecule has 0 bridgehead atoms. The van der Waals surface area contributed by atoms with Crippen molar-refractivity contribution in [3.63, 3.8) is 0 Å². The summed E-state index contributed by atoms with van der Waals surface area (Å²) in [6, 6.07) is 0. The number of esters is 1. The van der Waals surface area contributed by atoms with Crippen LogP contribution in [-0.2, 0) is 14.3 Å². The van der Waals surface area contributed by atoms with Gasteiger partial charge in [0.25, 0.3) is 0 Å². The number of nitrogens with one attached hydrogen (secondary N) is 1. The molecule has 16 heavy (non-hydrogen) atoms. The van der Waals surface area contributed by atoms with Crippen LogP contribution in [0.1, 0.15) is 6.92 Å². The second-order valence-electron chi connectivity index (χ2n) is 2.61. The van der Waals surface area contributed by atoms with E-state index in [0.29, 0.717) is 0 Å². The molecule has 0 spiro atoms. The smallest absolute Gasteiger partial charge is 0.448 e. The molecule has 9 heteroatoms. The monoisotopic (exact) mass is 263 g/mol. The van der Waals surface area contributed by atoms with Gasteiger partial charge < -0.3 is 15.2 Å². The van der Waals surface area contributed by atoms with Crippen LogP contribution in [0, 0.1) is 0 Å². The van der Waals surface area contributed by atoms with Crippen molar-refractivity contribution in [2.24, 2.45) is 0 Å². The van der Waals surface area contributed by atoms with Gasteiger partial charge in [0.1, 0.15) is 5.88 Å². The lowest BCUT2D eigenvalue weighted by molar-refractivity contribution is -0.271. The van der Waals surface area contributed by atoms with Crippen molar-refractivity contribution in [2.75, 3.05) is 12.5 Å². The minimum absolute atomic E-state index is 0.381. The van der Waals surface area contributed by atoms with Gasteiger partial charge in [0, 0.05) is 0 Å². The minimum Gasteiger partial charge on any atom is -0.462 e. The third kappa shape index (κ3) is 3.24. The molecule has 94 valence electrons. The molecule has 0 aliphatic carbocycles. The molecule has 0 fully saturated rings. The van der Waals surface area contributed by atoms with Crippen molar-refractivity contribution in [3.05, 3.63) is 0 Å². The summed E-state index contributed by atoms with van der Waals surface area (Å²) in [6.45, 7) is 0.867. The van der Waals surface area contributed by atoms with Crippen LogP contribution in [0.4, 0.5) is 13.2 Å². The van der Waals surface area contributed by atoms with Gasteiger partial charge in [0.2, 0.25) is 5.91 Å². The van der Waals surface area contributed by atoms with E-state index in [1.165, 1.54) is 6.92 Å². The summed E-state index contributed by atoms with van der Waals surface area (Å²) >= 11 is 4.95. The first kappa shape index (κ1) is 15.0. The molecule has 2 N–H and O–H groups in total. The first-order valence-corrected chi connectivity index (χ1v) is 4.55. The standard InChI is InChI=1S/C7H9ClF3NO4/c1-2-16-5(14)6(15,7(9,10)11)12-4(13)3-8/h15H,2-3H2,1H3,(H,12,13)/t6-/m0/s1. The third-order valence-electron chi connectivity index (χ3n) is 1.42.